The highest BCUT2D eigenvalue weighted by atomic mass is 16.6. The quantitative estimate of drug-likeness (QED) is 0.434. The first-order valence-corrected chi connectivity index (χ1v) is 2.99. The van der Waals surface area contributed by atoms with Crippen molar-refractivity contribution in [2.75, 3.05) is 0 Å². The van der Waals surface area contributed by atoms with E-state index < -0.39 is 0 Å². The van der Waals surface area contributed by atoms with Crippen molar-refractivity contribution in [2.45, 2.75) is 32.0 Å². The number of aliphatic hydroxyl groups is 1. The van der Waals surface area contributed by atoms with Gasteiger partial charge in [0.25, 0.3) is 12.7 Å². The van der Waals surface area contributed by atoms with E-state index in [1.54, 1.807) is 6.61 Å². The van der Waals surface area contributed by atoms with Crippen molar-refractivity contribution in [3.8, 4) is 0 Å². The van der Waals surface area contributed by atoms with Crippen LogP contribution in [0.4, 0.5) is 0 Å². The highest BCUT2D eigenvalue weighted by Crippen LogP contribution is 2.21. The minimum atomic E-state index is -0.168. The number of hydrogen-bond donors (Lipinski definition) is 1. The molecule has 8 heavy (non-hydrogen) atoms. The zero-order valence-corrected chi connectivity index (χ0v) is 5.00. The van der Waals surface area contributed by atoms with Gasteiger partial charge in [-0.2, -0.15) is 0 Å². The summed E-state index contributed by atoms with van der Waals surface area (Å²) in [6, 6.07) is 0. The summed E-state index contributed by atoms with van der Waals surface area (Å²) >= 11 is 0. The fourth-order valence-electron chi connectivity index (χ4n) is 0.601. The van der Waals surface area contributed by atoms with E-state index in [0.717, 1.165) is 12.8 Å². The Balaban J connectivity index is 1.98. The molecule has 1 rings (SSSR count). The standard InChI is InChI=1S/C6H11O2/c1-2-5(7)3-6-4-8-6/h4-7H,2-3H2,1H3/q+1. The second kappa shape index (κ2) is 2.37. The third-order valence-corrected chi connectivity index (χ3v) is 1.30. The monoisotopic (exact) mass is 115 g/mol. The zero-order valence-electron chi connectivity index (χ0n) is 5.00. The molecule has 0 aliphatic carbocycles. The highest BCUT2D eigenvalue weighted by molar-refractivity contribution is 4.84. The minimum Gasteiger partial charge on any atom is -0.393 e. The average molecular weight is 115 g/mol. The van der Waals surface area contributed by atoms with Gasteiger partial charge >= 0.3 is 0 Å². The van der Waals surface area contributed by atoms with E-state index in [-0.39, 0.29) is 12.2 Å². The molecule has 1 saturated heterocycles. The Labute approximate surface area is 49.5 Å². The number of aliphatic hydroxyl groups excluding tert-OH is 1. The van der Waals surface area contributed by atoms with Crippen LogP contribution in [-0.2, 0) is 4.74 Å². The van der Waals surface area contributed by atoms with Gasteiger partial charge in [0.2, 0.25) is 0 Å². The highest BCUT2D eigenvalue weighted by Gasteiger charge is 2.40. The first kappa shape index (κ1) is 5.92. The van der Waals surface area contributed by atoms with Crippen molar-refractivity contribution < 1.29 is 9.84 Å². The van der Waals surface area contributed by atoms with Crippen LogP contribution in [0.2, 0.25) is 0 Å². The molecule has 0 radical (unpaired) electrons. The van der Waals surface area contributed by atoms with Crippen LogP contribution < -0.4 is 0 Å². The van der Waals surface area contributed by atoms with Crippen LogP contribution in [0.15, 0.2) is 0 Å². The fraction of sp³-hybridized carbons (Fsp3) is 0.833. The lowest BCUT2D eigenvalue weighted by Crippen LogP contribution is -2.06. The largest absolute Gasteiger partial charge is 0.393 e. The predicted molar refractivity (Wildman–Crippen MR) is 30.1 cm³/mol. The maximum atomic E-state index is 8.97. The summed E-state index contributed by atoms with van der Waals surface area (Å²) in [5.41, 5.74) is 0. The summed E-state index contributed by atoms with van der Waals surface area (Å²) in [6.07, 6.45) is 1.69. The molecule has 46 valence electrons. The van der Waals surface area contributed by atoms with Gasteiger partial charge in [0.1, 0.15) is 0 Å². The summed E-state index contributed by atoms with van der Waals surface area (Å²) < 4.78 is 4.80. The molecular formula is C6H11O2+. The van der Waals surface area contributed by atoms with Crippen molar-refractivity contribution >= 4 is 0 Å². The van der Waals surface area contributed by atoms with Crippen molar-refractivity contribution in [1.82, 2.24) is 0 Å². The summed E-state index contributed by atoms with van der Waals surface area (Å²) in [4.78, 5) is 0. The minimum absolute atomic E-state index is 0.168. The van der Waals surface area contributed by atoms with Gasteiger partial charge < -0.3 is 5.11 Å². The van der Waals surface area contributed by atoms with E-state index in [1.807, 2.05) is 6.92 Å². The molecule has 0 aromatic rings. The Morgan fingerprint density at radius 1 is 1.88 bits per heavy atom. The lowest BCUT2D eigenvalue weighted by atomic mass is 10.2. The molecule has 1 fully saturated rings. The SMILES string of the molecule is CCC(O)CC1[CH+]O1. The van der Waals surface area contributed by atoms with Crippen LogP contribution in [0.1, 0.15) is 19.8 Å². The maximum absolute atomic E-state index is 8.97. The topological polar surface area (TPSA) is 32.8 Å². The van der Waals surface area contributed by atoms with Gasteiger partial charge in [-0.3, -0.25) is 0 Å². The van der Waals surface area contributed by atoms with Gasteiger partial charge in [0, 0.05) is 6.42 Å². The van der Waals surface area contributed by atoms with E-state index in [4.69, 9.17) is 9.84 Å². The van der Waals surface area contributed by atoms with Crippen molar-refractivity contribution in [2.24, 2.45) is 0 Å². The maximum Gasteiger partial charge on any atom is 0.278 e. The lowest BCUT2D eigenvalue weighted by Gasteiger charge is -1.98. The smallest absolute Gasteiger partial charge is 0.278 e. The summed E-state index contributed by atoms with van der Waals surface area (Å²) in [6.45, 7) is 3.71. The molecular weight excluding hydrogens is 104 g/mol. The molecule has 1 heterocycles. The molecule has 0 amide bonds. The van der Waals surface area contributed by atoms with Gasteiger partial charge in [-0.15, -0.1) is 4.74 Å². The van der Waals surface area contributed by atoms with Crippen molar-refractivity contribution in [1.29, 1.82) is 0 Å². The summed E-state index contributed by atoms with van der Waals surface area (Å²) in [5, 5.41) is 8.97. The number of ether oxygens (including phenoxy) is 1. The van der Waals surface area contributed by atoms with E-state index >= 15 is 0 Å². The Kier molecular flexibility index (Phi) is 1.76. The van der Waals surface area contributed by atoms with Gasteiger partial charge in [-0.1, -0.05) is 6.92 Å². The molecule has 0 spiro atoms. The lowest BCUT2D eigenvalue weighted by molar-refractivity contribution is 0.148. The van der Waals surface area contributed by atoms with Gasteiger partial charge in [-0.25, -0.2) is 0 Å². The molecule has 2 nitrogen and oxygen atoms in total. The molecule has 0 bridgehead atoms. The Hall–Kier alpha value is -0.210. The third kappa shape index (κ3) is 1.72. The summed E-state index contributed by atoms with van der Waals surface area (Å²) in [7, 11) is 0. The van der Waals surface area contributed by atoms with Crippen molar-refractivity contribution in [3.05, 3.63) is 6.61 Å². The van der Waals surface area contributed by atoms with Crippen LogP contribution >= 0.6 is 0 Å². The molecule has 2 unspecified atom stereocenters. The molecule has 2 heteroatoms. The normalized spacial score (nSPS) is 29.0. The zero-order chi connectivity index (χ0) is 5.98. The van der Waals surface area contributed by atoms with Gasteiger partial charge in [-0.05, 0) is 6.42 Å². The van der Waals surface area contributed by atoms with E-state index in [1.165, 1.54) is 0 Å². The third-order valence-electron chi connectivity index (χ3n) is 1.30. The molecule has 1 N–H and O–H groups in total. The van der Waals surface area contributed by atoms with Crippen LogP contribution in [0, 0.1) is 6.61 Å². The Bertz CT molecular complexity index is 68.9. The van der Waals surface area contributed by atoms with Gasteiger partial charge in [0.05, 0.1) is 6.10 Å². The second-order valence-electron chi connectivity index (χ2n) is 2.11. The van der Waals surface area contributed by atoms with E-state index in [9.17, 15) is 0 Å². The number of hydrogen-bond acceptors (Lipinski definition) is 2. The Morgan fingerprint density at radius 3 is 2.88 bits per heavy atom. The van der Waals surface area contributed by atoms with Crippen LogP contribution in [0.3, 0.4) is 0 Å². The van der Waals surface area contributed by atoms with E-state index in [2.05, 4.69) is 0 Å². The Morgan fingerprint density at radius 2 is 2.50 bits per heavy atom. The average Bonchev–Trinajstić information content (AvgIpc) is 2.50. The molecule has 1 aliphatic rings. The van der Waals surface area contributed by atoms with Crippen LogP contribution in [0.25, 0.3) is 0 Å². The van der Waals surface area contributed by atoms with E-state index in [0.29, 0.717) is 0 Å². The predicted octanol–water partition coefficient (Wildman–Crippen LogP) is 0.708. The second-order valence-corrected chi connectivity index (χ2v) is 2.11. The van der Waals surface area contributed by atoms with Gasteiger partial charge in [0.15, 0.2) is 0 Å². The molecule has 0 aromatic heterocycles. The van der Waals surface area contributed by atoms with Crippen LogP contribution in [-0.4, -0.2) is 17.3 Å². The summed E-state index contributed by atoms with van der Waals surface area (Å²) in [5.74, 6) is 0. The first-order valence-electron chi connectivity index (χ1n) is 2.99. The molecule has 2 atom stereocenters. The van der Waals surface area contributed by atoms with Crippen LogP contribution in [0.5, 0.6) is 0 Å². The van der Waals surface area contributed by atoms with Crippen molar-refractivity contribution in [3.63, 3.8) is 0 Å². The molecule has 1 aliphatic heterocycles. The number of epoxide rings is 1. The first-order chi connectivity index (χ1) is 3.83. The number of rotatable bonds is 3. The molecule has 0 aromatic carbocycles. The fourth-order valence-corrected chi connectivity index (χ4v) is 0.601. The molecule has 0 saturated carbocycles.